The van der Waals surface area contributed by atoms with Crippen molar-refractivity contribution in [1.82, 2.24) is 9.97 Å². The molecule has 1 amide bonds. The first-order chi connectivity index (χ1) is 9.78. The van der Waals surface area contributed by atoms with Crippen LogP contribution in [0, 0.1) is 5.41 Å². The molecule has 116 valence electrons. The molecule has 0 aromatic carbocycles. The van der Waals surface area contributed by atoms with Crippen LogP contribution in [0.2, 0.25) is 0 Å². The summed E-state index contributed by atoms with van der Waals surface area (Å²) in [7, 11) is 1.24. The first-order valence-electron chi connectivity index (χ1n) is 6.18. The first-order valence-corrected chi connectivity index (χ1v) is 6.97. The third-order valence-electron chi connectivity index (χ3n) is 3.51. The molecule has 0 atom stereocenters. The van der Waals surface area contributed by atoms with Gasteiger partial charge in [-0.15, -0.1) is 0 Å². The van der Waals surface area contributed by atoms with Crippen LogP contribution in [0.25, 0.3) is 0 Å². The fourth-order valence-electron chi connectivity index (χ4n) is 2.23. The van der Waals surface area contributed by atoms with Gasteiger partial charge in [-0.1, -0.05) is 0 Å². The minimum absolute atomic E-state index is 0.0710. The highest BCUT2D eigenvalue weighted by atomic mass is 79.9. The van der Waals surface area contributed by atoms with Crippen LogP contribution in [0.1, 0.15) is 12.8 Å². The molecule has 0 saturated carbocycles. The van der Waals surface area contributed by atoms with E-state index in [9.17, 15) is 18.0 Å². The number of amides is 1. The van der Waals surface area contributed by atoms with Crippen LogP contribution in [0.15, 0.2) is 16.9 Å². The average molecular weight is 368 g/mol. The van der Waals surface area contributed by atoms with Gasteiger partial charge in [0.05, 0.1) is 4.47 Å². The Balaban J connectivity index is 2.32. The zero-order valence-electron chi connectivity index (χ0n) is 11.2. The summed E-state index contributed by atoms with van der Waals surface area (Å²) in [6.07, 6.45) is -2.68. The standard InChI is InChI=1S/C12H13BrF3N3O2/c1-19(10-17-6-8(13)7-18-10)9(20)11(12(14,15)16)2-4-21-5-3-11/h6-7H,2-5H2,1H3. The van der Waals surface area contributed by atoms with E-state index in [4.69, 9.17) is 4.74 Å². The van der Waals surface area contributed by atoms with Gasteiger partial charge in [0.1, 0.15) is 5.41 Å². The Labute approximate surface area is 127 Å². The molecular weight excluding hydrogens is 355 g/mol. The van der Waals surface area contributed by atoms with Crippen molar-refractivity contribution in [2.75, 3.05) is 25.2 Å². The number of ether oxygens (including phenoxy) is 1. The summed E-state index contributed by atoms with van der Waals surface area (Å²) < 4.78 is 45.8. The molecule has 21 heavy (non-hydrogen) atoms. The molecule has 9 heteroatoms. The van der Waals surface area contributed by atoms with Gasteiger partial charge in [-0.3, -0.25) is 9.69 Å². The van der Waals surface area contributed by atoms with Gasteiger partial charge in [0, 0.05) is 32.7 Å². The van der Waals surface area contributed by atoms with Crippen molar-refractivity contribution >= 4 is 27.8 Å². The molecule has 1 fully saturated rings. The summed E-state index contributed by atoms with van der Waals surface area (Å²) in [5.74, 6) is -1.13. The molecule has 0 unspecified atom stereocenters. The maximum atomic E-state index is 13.4. The van der Waals surface area contributed by atoms with E-state index >= 15 is 0 Å². The molecule has 0 N–H and O–H groups in total. The number of hydrogen-bond donors (Lipinski definition) is 0. The van der Waals surface area contributed by atoms with Gasteiger partial charge in [-0.2, -0.15) is 13.2 Å². The second-order valence-corrected chi connectivity index (χ2v) is 5.67. The van der Waals surface area contributed by atoms with E-state index in [-0.39, 0.29) is 19.2 Å². The molecule has 2 heterocycles. The van der Waals surface area contributed by atoms with Gasteiger partial charge in [-0.05, 0) is 28.8 Å². The van der Waals surface area contributed by atoms with E-state index in [0.29, 0.717) is 4.47 Å². The van der Waals surface area contributed by atoms with Gasteiger partial charge in [0.25, 0.3) is 0 Å². The molecule has 1 aliphatic rings. The number of anilines is 1. The first kappa shape index (κ1) is 16.2. The van der Waals surface area contributed by atoms with Gasteiger partial charge < -0.3 is 4.74 Å². The predicted octanol–water partition coefficient (Wildman–Crippen LogP) is 2.56. The molecule has 0 spiro atoms. The zero-order valence-corrected chi connectivity index (χ0v) is 12.7. The van der Waals surface area contributed by atoms with E-state index in [1.807, 2.05) is 0 Å². The van der Waals surface area contributed by atoms with Crippen LogP contribution >= 0.6 is 15.9 Å². The molecule has 1 aromatic heterocycles. The topological polar surface area (TPSA) is 55.3 Å². The van der Waals surface area contributed by atoms with Crippen LogP contribution in [-0.2, 0) is 9.53 Å². The van der Waals surface area contributed by atoms with Crippen molar-refractivity contribution in [3.05, 3.63) is 16.9 Å². The number of aromatic nitrogens is 2. The van der Waals surface area contributed by atoms with E-state index in [1.54, 1.807) is 0 Å². The number of carbonyl (C=O) groups is 1. The van der Waals surface area contributed by atoms with Crippen molar-refractivity contribution in [2.45, 2.75) is 19.0 Å². The number of nitrogens with zero attached hydrogens (tertiary/aromatic N) is 3. The van der Waals surface area contributed by atoms with Crippen molar-refractivity contribution in [3.8, 4) is 0 Å². The summed E-state index contributed by atoms with van der Waals surface area (Å²) in [6.45, 7) is -0.194. The van der Waals surface area contributed by atoms with Gasteiger partial charge >= 0.3 is 6.18 Å². The Kier molecular flexibility index (Phi) is 4.52. The highest BCUT2D eigenvalue weighted by molar-refractivity contribution is 9.10. The smallest absolute Gasteiger partial charge is 0.381 e. The maximum Gasteiger partial charge on any atom is 0.403 e. The minimum atomic E-state index is -4.64. The fourth-order valence-corrected chi connectivity index (χ4v) is 2.43. The van der Waals surface area contributed by atoms with Crippen LogP contribution < -0.4 is 4.90 Å². The SMILES string of the molecule is CN(C(=O)C1(C(F)(F)F)CCOCC1)c1ncc(Br)cn1. The molecule has 2 rings (SSSR count). The van der Waals surface area contributed by atoms with E-state index in [1.165, 1.54) is 19.4 Å². The third kappa shape index (κ3) is 3.03. The minimum Gasteiger partial charge on any atom is -0.381 e. The van der Waals surface area contributed by atoms with Gasteiger partial charge in [0.15, 0.2) is 0 Å². The quantitative estimate of drug-likeness (QED) is 0.805. The molecule has 1 saturated heterocycles. The molecule has 1 aromatic rings. The molecule has 0 aliphatic carbocycles. The lowest BCUT2D eigenvalue weighted by Gasteiger charge is -2.39. The Morgan fingerprint density at radius 3 is 2.33 bits per heavy atom. The monoisotopic (exact) mass is 367 g/mol. The summed E-state index contributed by atoms with van der Waals surface area (Å²) in [4.78, 5) is 21.0. The van der Waals surface area contributed by atoms with Crippen LogP contribution in [-0.4, -0.2) is 42.3 Å². The van der Waals surface area contributed by atoms with E-state index < -0.39 is 30.3 Å². The Hall–Kier alpha value is -1.22. The highest BCUT2D eigenvalue weighted by Crippen LogP contribution is 2.47. The van der Waals surface area contributed by atoms with E-state index in [2.05, 4.69) is 25.9 Å². The highest BCUT2D eigenvalue weighted by Gasteiger charge is 2.61. The second-order valence-electron chi connectivity index (χ2n) is 4.76. The third-order valence-corrected chi connectivity index (χ3v) is 3.92. The van der Waals surface area contributed by atoms with Crippen molar-refractivity contribution < 1.29 is 22.7 Å². The summed E-state index contributed by atoms with van der Waals surface area (Å²) >= 11 is 3.13. The lowest BCUT2D eigenvalue weighted by atomic mass is 9.78. The molecule has 0 bridgehead atoms. The van der Waals surface area contributed by atoms with Gasteiger partial charge in [-0.25, -0.2) is 9.97 Å². The summed E-state index contributed by atoms with van der Waals surface area (Å²) in [6, 6.07) is 0. The lowest BCUT2D eigenvalue weighted by molar-refractivity contribution is -0.238. The average Bonchev–Trinajstić information content (AvgIpc) is 2.46. The van der Waals surface area contributed by atoms with Crippen molar-refractivity contribution in [2.24, 2.45) is 5.41 Å². The molecular formula is C12H13BrF3N3O2. The maximum absolute atomic E-state index is 13.4. The number of carbonyl (C=O) groups excluding carboxylic acids is 1. The predicted molar refractivity (Wildman–Crippen MR) is 71.7 cm³/mol. The van der Waals surface area contributed by atoms with E-state index in [0.717, 1.165) is 4.90 Å². The van der Waals surface area contributed by atoms with Crippen LogP contribution in [0.5, 0.6) is 0 Å². The van der Waals surface area contributed by atoms with Crippen molar-refractivity contribution in [1.29, 1.82) is 0 Å². The lowest BCUT2D eigenvalue weighted by Crippen LogP contribution is -2.54. The Bertz CT molecular complexity index is 515. The Morgan fingerprint density at radius 2 is 1.86 bits per heavy atom. The summed E-state index contributed by atoms with van der Waals surface area (Å²) in [5.41, 5.74) is -2.43. The Morgan fingerprint density at radius 1 is 1.33 bits per heavy atom. The van der Waals surface area contributed by atoms with Crippen molar-refractivity contribution in [3.63, 3.8) is 0 Å². The zero-order chi connectivity index (χ0) is 15.7. The number of hydrogen-bond acceptors (Lipinski definition) is 4. The molecule has 5 nitrogen and oxygen atoms in total. The summed E-state index contributed by atoms with van der Waals surface area (Å²) in [5, 5.41) is 0. The largest absolute Gasteiger partial charge is 0.403 e. The van der Waals surface area contributed by atoms with Crippen LogP contribution in [0.4, 0.5) is 19.1 Å². The fraction of sp³-hybridized carbons (Fsp3) is 0.583. The normalized spacial score (nSPS) is 18.3. The number of rotatable bonds is 2. The molecule has 0 radical (unpaired) electrons. The number of alkyl halides is 3. The number of halogens is 4. The molecule has 1 aliphatic heterocycles. The van der Waals surface area contributed by atoms with Gasteiger partial charge in [0.2, 0.25) is 11.9 Å². The second kappa shape index (κ2) is 5.88. The van der Waals surface area contributed by atoms with Crippen LogP contribution in [0.3, 0.4) is 0 Å².